The molecule has 0 atom stereocenters. The predicted molar refractivity (Wildman–Crippen MR) is 74.6 cm³/mol. The second kappa shape index (κ2) is 4.67. The van der Waals surface area contributed by atoms with Crippen LogP contribution in [0.25, 0.3) is 9.40 Å². The molecule has 4 heteroatoms. The van der Waals surface area contributed by atoms with Gasteiger partial charge in [-0.25, -0.2) is 0 Å². The van der Waals surface area contributed by atoms with Crippen molar-refractivity contribution in [1.29, 1.82) is 0 Å². The van der Waals surface area contributed by atoms with E-state index >= 15 is 0 Å². The van der Waals surface area contributed by atoms with Gasteiger partial charge in [0.2, 0.25) is 0 Å². The van der Waals surface area contributed by atoms with Gasteiger partial charge in [-0.05, 0) is 29.0 Å². The van der Waals surface area contributed by atoms with Crippen LogP contribution in [0.4, 0.5) is 0 Å². The van der Waals surface area contributed by atoms with Gasteiger partial charge in [-0.15, -0.1) is 34.0 Å². The maximum Gasteiger partial charge on any atom is 0.0453 e. The highest BCUT2D eigenvalue weighted by molar-refractivity contribution is 7.26. The van der Waals surface area contributed by atoms with Crippen LogP contribution in [0.5, 0.6) is 0 Å². The van der Waals surface area contributed by atoms with Crippen molar-refractivity contribution in [2.24, 2.45) is 0 Å². The number of hydrogen-bond donors (Lipinski definition) is 1. The fourth-order valence-corrected chi connectivity index (χ4v) is 4.40. The summed E-state index contributed by atoms with van der Waals surface area (Å²) in [5.41, 5.74) is 0. The van der Waals surface area contributed by atoms with Crippen molar-refractivity contribution in [2.75, 3.05) is 0 Å². The second-order valence-electron chi connectivity index (χ2n) is 3.54. The zero-order valence-electron chi connectivity index (χ0n) is 8.60. The third-order valence-electron chi connectivity index (χ3n) is 2.37. The zero-order chi connectivity index (χ0) is 10.8. The van der Waals surface area contributed by atoms with Gasteiger partial charge in [0.1, 0.15) is 0 Å². The maximum absolute atomic E-state index is 3.48. The molecule has 0 aliphatic heterocycles. The summed E-state index contributed by atoms with van der Waals surface area (Å²) in [7, 11) is 0. The lowest BCUT2D eigenvalue weighted by atomic mass is 10.4. The van der Waals surface area contributed by atoms with Crippen LogP contribution in [0.15, 0.2) is 35.0 Å². The zero-order valence-corrected chi connectivity index (χ0v) is 11.1. The van der Waals surface area contributed by atoms with Gasteiger partial charge in [-0.2, -0.15) is 0 Å². The Morgan fingerprint density at radius 2 is 1.88 bits per heavy atom. The van der Waals surface area contributed by atoms with Gasteiger partial charge >= 0.3 is 0 Å². The molecule has 0 unspecified atom stereocenters. The maximum atomic E-state index is 3.48. The quantitative estimate of drug-likeness (QED) is 0.741. The summed E-state index contributed by atoms with van der Waals surface area (Å²) in [4.78, 5) is 2.83. The van der Waals surface area contributed by atoms with Crippen LogP contribution in [-0.4, -0.2) is 0 Å². The first kappa shape index (κ1) is 10.5. The molecule has 0 amide bonds. The Morgan fingerprint density at radius 3 is 2.69 bits per heavy atom. The minimum Gasteiger partial charge on any atom is -0.307 e. The van der Waals surface area contributed by atoms with E-state index in [0.717, 1.165) is 13.1 Å². The fourth-order valence-electron chi connectivity index (χ4n) is 1.62. The lowest BCUT2D eigenvalue weighted by Gasteiger charge is -1.99. The summed E-state index contributed by atoms with van der Waals surface area (Å²) >= 11 is 5.52. The molecule has 3 aromatic rings. The van der Waals surface area contributed by atoms with E-state index in [1.54, 1.807) is 0 Å². The number of nitrogens with one attached hydrogen (secondary N) is 1. The second-order valence-corrected chi connectivity index (χ2v) is 6.69. The highest BCUT2D eigenvalue weighted by Gasteiger charge is 2.02. The molecule has 0 saturated heterocycles. The van der Waals surface area contributed by atoms with Crippen LogP contribution >= 0.6 is 34.0 Å². The molecular weight excluding hydrogens is 254 g/mol. The molecule has 82 valence electrons. The van der Waals surface area contributed by atoms with Gasteiger partial charge in [-0.1, -0.05) is 6.07 Å². The lowest BCUT2D eigenvalue weighted by Crippen LogP contribution is -2.10. The first-order chi connectivity index (χ1) is 7.92. The van der Waals surface area contributed by atoms with Crippen molar-refractivity contribution in [1.82, 2.24) is 5.32 Å². The van der Waals surface area contributed by atoms with Gasteiger partial charge < -0.3 is 5.32 Å². The van der Waals surface area contributed by atoms with Crippen LogP contribution in [-0.2, 0) is 13.1 Å². The summed E-state index contributed by atoms with van der Waals surface area (Å²) in [5.74, 6) is 0. The lowest BCUT2D eigenvalue weighted by molar-refractivity contribution is 0.709. The van der Waals surface area contributed by atoms with Crippen molar-refractivity contribution < 1.29 is 0 Å². The summed E-state index contributed by atoms with van der Waals surface area (Å²) in [6, 6.07) is 8.77. The molecule has 1 N–H and O–H groups in total. The van der Waals surface area contributed by atoms with E-state index in [4.69, 9.17) is 0 Å². The normalized spacial score (nSPS) is 11.2. The summed E-state index contributed by atoms with van der Waals surface area (Å²) in [6.07, 6.45) is 0. The average molecular weight is 265 g/mol. The summed E-state index contributed by atoms with van der Waals surface area (Å²) in [5, 5.41) is 7.76. The molecule has 0 aromatic carbocycles. The number of hydrogen-bond acceptors (Lipinski definition) is 4. The predicted octanol–water partition coefficient (Wildman–Crippen LogP) is 4.31. The highest BCUT2D eigenvalue weighted by Crippen LogP contribution is 2.29. The van der Waals surface area contributed by atoms with Gasteiger partial charge in [-0.3, -0.25) is 0 Å². The Bertz CT molecular complexity index is 533. The average Bonchev–Trinajstić information content (AvgIpc) is 2.91. The Hall–Kier alpha value is -0.680. The minimum absolute atomic E-state index is 0.975. The molecular formula is C12H11NS3. The van der Waals surface area contributed by atoms with Crippen LogP contribution in [0, 0.1) is 0 Å². The van der Waals surface area contributed by atoms with E-state index in [9.17, 15) is 0 Å². The van der Waals surface area contributed by atoms with E-state index in [2.05, 4.69) is 40.3 Å². The van der Waals surface area contributed by atoms with E-state index in [-0.39, 0.29) is 0 Å². The molecule has 1 nitrogen and oxygen atoms in total. The Kier molecular flexibility index (Phi) is 3.06. The Labute approximate surface area is 106 Å². The highest BCUT2D eigenvalue weighted by atomic mass is 32.1. The van der Waals surface area contributed by atoms with Crippen molar-refractivity contribution in [2.45, 2.75) is 13.1 Å². The fraction of sp³-hybridized carbons (Fsp3) is 0.167. The standard InChI is InChI=1S/C12H11NS3/c1-2-9(14-4-1)7-13-8-10-6-12-11(16-10)3-5-15-12/h1-6,13H,7-8H2. The molecule has 0 radical (unpaired) electrons. The van der Waals surface area contributed by atoms with Crippen LogP contribution in [0.2, 0.25) is 0 Å². The number of rotatable bonds is 4. The van der Waals surface area contributed by atoms with Crippen LogP contribution in [0.1, 0.15) is 9.75 Å². The Balaban J connectivity index is 1.61. The SMILES string of the molecule is c1csc(CNCc2cc3sccc3s2)c1. The summed E-state index contributed by atoms with van der Waals surface area (Å²) in [6.45, 7) is 1.95. The molecule has 3 rings (SSSR count). The van der Waals surface area contributed by atoms with Crippen molar-refractivity contribution in [3.8, 4) is 0 Å². The Morgan fingerprint density at radius 1 is 0.938 bits per heavy atom. The minimum atomic E-state index is 0.975. The van der Waals surface area contributed by atoms with Crippen LogP contribution < -0.4 is 5.32 Å². The van der Waals surface area contributed by atoms with Crippen molar-refractivity contribution in [3.05, 3.63) is 44.8 Å². The molecule has 0 saturated carbocycles. The van der Waals surface area contributed by atoms with Gasteiger partial charge in [0.15, 0.2) is 0 Å². The number of thiophene rings is 3. The molecule has 3 aromatic heterocycles. The van der Waals surface area contributed by atoms with Crippen molar-refractivity contribution in [3.63, 3.8) is 0 Å². The molecule has 0 aliphatic carbocycles. The van der Waals surface area contributed by atoms with Crippen LogP contribution in [0.3, 0.4) is 0 Å². The molecule has 0 aliphatic rings. The smallest absolute Gasteiger partial charge is 0.0453 e. The molecule has 0 fully saturated rings. The third kappa shape index (κ3) is 2.20. The molecule has 0 spiro atoms. The van der Waals surface area contributed by atoms with Gasteiger partial charge in [0.25, 0.3) is 0 Å². The first-order valence-corrected chi connectivity index (χ1v) is 7.68. The molecule has 3 heterocycles. The monoisotopic (exact) mass is 265 g/mol. The molecule has 0 bridgehead atoms. The van der Waals surface area contributed by atoms with E-state index < -0.39 is 0 Å². The van der Waals surface area contributed by atoms with Gasteiger partial charge in [0, 0.05) is 32.2 Å². The summed E-state index contributed by atoms with van der Waals surface area (Å²) < 4.78 is 2.83. The number of fused-ring (bicyclic) bond motifs is 1. The topological polar surface area (TPSA) is 12.0 Å². The third-order valence-corrected chi connectivity index (χ3v) is 5.34. The largest absolute Gasteiger partial charge is 0.307 e. The van der Waals surface area contributed by atoms with Gasteiger partial charge in [0.05, 0.1) is 0 Å². The van der Waals surface area contributed by atoms with E-state index in [1.165, 1.54) is 19.2 Å². The first-order valence-electron chi connectivity index (χ1n) is 5.11. The van der Waals surface area contributed by atoms with Crippen molar-refractivity contribution >= 4 is 43.4 Å². The van der Waals surface area contributed by atoms with E-state index in [0.29, 0.717) is 0 Å². The van der Waals surface area contributed by atoms with E-state index in [1.807, 2.05) is 34.0 Å². The molecule has 16 heavy (non-hydrogen) atoms.